The van der Waals surface area contributed by atoms with Gasteiger partial charge in [0.05, 0.1) is 51.6 Å². The molecule has 0 aromatic heterocycles. The molecule has 53 nitrogen and oxygen atoms in total. The van der Waals surface area contributed by atoms with Gasteiger partial charge in [-0.1, -0.05) is 76.6 Å². The minimum Gasteiger partial charge on any atom is -0.508 e. The molecule has 0 spiro atoms. The standard InChI is InChI=1S/C84H122N22O31/c1-5-43(4)70(82(135)106-31-11-16-58(106)80(133)100-50(23-27-67(118)119)73(126)97-49(22-26-66(116)117)74(127)101-53(34-45-17-19-46(107)20-18-45)77(130)103-56(83(136)137)32-42(2)3)104-75(128)51(24-28-68(120)121)98-72(125)48(21-25-65(114)115)99-76(129)52(33-44-12-7-6-8-13-44)102-78(131)55(36-69(122)123)96-64(113)41-93-71(124)54(35-59(86)108)95-63(112)40-92-61(110)38-90-60(109)37-91-62(111)39-94-79(132)57-15-10-30-105(57)81(134)47(85)14-9-29-89-84(87)88/h6-8,12-13,17-20,42-43,47-58,70,107H,5,9-11,14-16,21-41,85H2,1-4H3,(H2,86,108)(H,90,109)(H,91,111)(H,92,110)(H,93,124)(H,94,132)(H,95,112)(H,96,113)(H,97,126)(H,98,125)(H,99,129)(H,100,133)(H,101,127)(H,102,131)(H,103,130)(H,104,128)(H,114,115)(H,116,117)(H,118,119)(H,120,121)(H,122,123)(H,136,137)(H4,87,88,89). The number of carboxylic acids is 6. The first-order chi connectivity index (χ1) is 64.5. The van der Waals surface area contributed by atoms with Gasteiger partial charge in [-0.15, -0.1) is 0 Å². The highest BCUT2D eigenvalue weighted by atomic mass is 16.4. The fourth-order valence-electron chi connectivity index (χ4n) is 14.1. The van der Waals surface area contributed by atoms with Crippen LogP contribution in [0.4, 0.5) is 0 Å². The molecule has 30 N–H and O–H groups in total. The van der Waals surface area contributed by atoms with Crippen LogP contribution in [0.2, 0.25) is 0 Å². The molecule has 53 heteroatoms. The third-order valence-electron chi connectivity index (χ3n) is 21.4. The first-order valence-electron chi connectivity index (χ1n) is 43.8. The lowest BCUT2D eigenvalue weighted by molar-refractivity contribution is -0.144. The van der Waals surface area contributed by atoms with Crippen molar-refractivity contribution in [1.82, 2.24) is 94.9 Å². The van der Waals surface area contributed by atoms with Crippen LogP contribution in [-0.2, 0) is 128 Å². The number of carboxylic acid groups (broad SMARTS) is 6. The van der Waals surface area contributed by atoms with E-state index in [4.69, 9.17) is 22.6 Å². The minimum atomic E-state index is -2.13. The third-order valence-corrected chi connectivity index (χ3v) is 21.4. The van der Waals surface area contributed by atoms with E-state index >= 15 is 0 Å². The van der Waals surface area contributed by atoms with Crippen LogP contribution in [0.15, 0.2) is 54.6 Å². The number of nitrogens with zero attached hydrogens (tertiary/aromatic N) is 2. The number of phenolic OH excluding ortho intramolecular Hbond substituents is 1. The summed E-state index contributed by atoms with van der Waals surface area (Å²) in [5.41, 5.74) is 17.2. The number of hydrogen-bond acceptors (Lipinski definition) is 27. The van der Waals surface area contributed by atoms with Gasteiger partial charge < -0.3 is 148 Å². The van der Waals surface area contributed by atoms with Gasteiger partial charge in [-0.3, -0.25) is 116 Å². The van der Waals surface area contributed by atoms with Crippen LogP contribution in [0.3, 0.4) is 0 Å². The molecule has 2 saturated heterocycles. The maximum atomic E-state index is 14.9. The monoisotopic (exact) mass is 1930 g/mol. The summed E-state index contributed by atoms with van der Waals surface area (Å²) in [6.07, 6.45) is -8.06. The molecule has 18 amide bonds. The van der Waals surface area contributed by atoms with Crippen LogP contribution < -0.4 is 102 Å². The maximum Gasteiger partial charge on any atom is 0.326 e. The molecule has 0 saturated carbocycles. The first kappa shape index (κ1) is 114. The van der Waals surface area contributed by atoms with Crippen molar-refractivity contribution in [2.75, 3.05) is 52.4 Å². The number of nitrogens with one attached hydrogen (secondary N) is 17. The lowest BCUT2D eigenvalue weighted by Crippen LogP contribution is -2.61. The van der Waals surface area contributed by atoms with E-state index in [-0.39, 0.29) is 81.2 Å². The fourth-order valence-corrected chi connectivity index (χ4v) is 14.1. The van der Waals surface area contributed by atoms with Crippen LogP contribution in [0.5, 0.6) is 5.75 Å². The molecule has 137 heavy (non-hydrogen) atoms. The van der Waals surface area contributed by atoms with E-state index in [1.54, 1.807) is 26.8 Å². The summed E-state index contributed by atoms with van der Waals surface area (Å²) in [6, 6.07) is -9.01. The third kappa shape index (κ3) is 42.3. The molecule has 2 aliphatic heterocycles. The van der Waals surface area contributed by atoms with Gasteiger partial charge in [0.2, 0.25) is 106 Å². The van der Waals surface area contributed by atoms with Gasteiger partial charge in [-0.25, -0.2) is 4.79 Å². The van der Waals surface area contributed by atoms with Crippen molar-refractivity contribution in [2.24, 2.45) is 29.0 Å². The number of benzene rings is 2. The number of carbonyl (C=O) groups is 24. The number of aromatic hydroxyl groups is 1. The summed E-state index contributed by atoms with van der Waals surface area (Å²) >= 11 is 0. The number of aliphatic carboxylic acids is 6. The van der Waals surface area contributed by atoms with Crippen molar-refractivity contribution in [1.29, 1.82) is 5.41 Å². The van der Waals surface area contributed by atoms with Crippen LogP contribution in [0.1, 0.15) is 154 Å². The average Bonchev–Trinajstić information content (AvgIpc) is 1.71. The number of rotatable bonds is 61. The highest BCUT2D eigenvalue weighted by molar-refractivity contribution is 6.02. The summed E-state index contributed by atoms with van der Waals surface area (Å²) in [4.78, 5) is 321. The quantitative estimate of drug-likeness (QED) is 0.0166. The number of phenols is 1. The van der Waals surface area contributed by atoms with Gasteiger partial charge in [-0.2, -0.15) is 0 Å². The molecule has 0 aliphatic carbocycles. The molecule has 2 aromatic rings. The predicted octanol–water partition coefficient (Wildman–Crippen LogP) is -8.83. The number of hydrogen-bond donors (Lipinski definition) is 27. The number of nitrogens with two attached hydrogens (primary N) is 3. The molecular weight excluding hydrogens is 1810 g/mol. The Kier molecular flexibility index (Phi) is 48.3. The zero-order chi connectivity index (χ0) is 102. The molecule has 2 aromatic carbocycles. The fraction of sp³-hybridized carbons (Fsp3) is 0.560. The molecular formula is C84H122N22O31. The Morgan fingerprint density at radius 2 is 0.781 bits per heavy atom. The Labute approximate surface area is 783 Å². The van der Waals surface area contributed by atoms with E-state index in [0.717, 1.165) is 4.90 Å². The molecule has 2 fully saturated rings. The van der Waals surface area contributed by atoms with Crippen molar-refractivity contribution in [3.63, 3.8) is 0 Å². The Morgan fingerprint density at radius 1 is 0.401 bits per heavy atom. The number of amides is 18. The number of likely N-dealkylation sites (tertiary alicyclic amines) is 2. The predicted molar refractivity (Wildman–Crippen MR) is 473 cm³/mol. The highest BCUT2D eigenvalue weighted by Gasteiger charge is 2.44. The molecule has 0 bridgehead atoms. The zero-order valence-electron chi connectivity index (χ0n) is 75.7. The SMILES string of the molecule is CCC(C)C(NC(=O)C(CCC(=O)O)NC(=O)C(CCC(=O)O)NC(=O)C(Cc1ccccc1)NC(=O)C(CC(=O)O)NC(=O)CNC(=O)C(CC(N)=O)NC(=O)CNC(=O)CNC(=O)CNC(=O)CNC(=O)C1CCCN1C(=O)C(N)CCCNC(=N)N)C(=O)N1CCCC1C(=O)NC(CCC(=O)O)C(=O)NC(CCC(=O)O)C(=O)NC(Cc1ccc(O)cc1)C(=O)NC(CC(C)C)C(=O)O. The Hall–Kier alpha value is -15.2. The maximum absolute atomic E-state index is 14.9. The normalized spacial score (nSPS) is 15.8. The molecule has 0 radical (unpaired) electrons. The van der Waals surface area contributed by atoms with E-state index in [0.29, 0.717) is 24.9 Å². The largest absolute Gasteiger partial charge is 0.508 e. The molecule has 14 atom stereocenters. The second kappa shape index (κ2) is 58.0. The second-order valence-electron chi connectivity index (χ2n) is 32.8. The van der Waals surface area contributed by atoms with Crippen LogP contribution in [-0.4, -0.2) is 325 Å². The lowest BCUT2D eigenvalue weighted by atomic mass is 9.96. The van der Waals surface area contributed by atoms with E-state index in [2.05, 4.69) is 85.1 Å². The van der Waals surface area contributed by atoms with Gasteiger partial charge in [0.15, 0.2) is 5.96 Å². The van der Waals surface area contributed by atoms with Crippen molar-refractivity contribution in [2.45, 2.75) is 235 Å². The minimum absolute atomic E-state index is 0.0565. The Morgan fingerprint density at radius 3 is 1.20 bits per heavy atom. The lowest BCUT2D eigenvalue weighted by Gasteiger charge is -2.33. The molecule has 2 heterocycles. The van der Waals surface area contributed by atoms with Crippen LogP contribution >= 0.6 is 0 Å². The molecule has 14 unspecified atom stereocenters. The number of carbonyl (C=O) groups excluding carboxylic acids is 18. The smallest absolute Gasteiger partial charge is 0.326 e. The second-order valence-corrected chi connectivity index (χ2v) is 32.8. The summed E-state index contributed by atoms with van der Waals surface area (Å²) in [5.74, 6) is -30.5. The van der Waals surface area contributed by atoms with Crippen LogP contribution in [0, 0.1) is 17.2 Å². The summed E-state index contributed by atoms with van der Waals surface area (Å²) in [5, 5.41) is 113. The van der Waals surface area contributed by atoms with E-state index < -0.39 is 330 Å². The number of guanidine groups is 1. The molecule has 2 aliphatic rings. The molecule has 754 valence electrons. The van der Waals surface area contributed by atoms with Gasteiger partial charge in [0.1, 0.15) is 78.3 Å². The van der Waals surface area contributed by atoms with E-state index in [1.807, 2.05) is 0 Å². The van der Waals surface area contributed by atoms with Gasteiger partial charge >= 0.3 is 35.8 Å². The zero-order valence-corrected chi connectivity index (χ0v) is 75.7. The highest BCUT2D eigenvalue weighted by Crippen LogP contribution is 2.24. The summed E-state index contributed by atoms with van der Waals surface area (Å²) in [6.45, 7) is 2.60. The topological polar surface area (TPSA) is 852 Å². The number of primary amides is 1. The first-order valence-corrected chi connectivity index (χ1v) is 43.8. The van der Waals surface area contributed by atoms with Crippen LogP contribution in [0.25, 0.3) is 0 Å². The van der Waals surface area contributed by atoms with Crippen molar-refractivity contribution in [3.05, 3.63) is 65.7 Å². The van der Waals surface area contributed by atoms with Crippen molar-refractivity contribution in [3.8, 4) is 5.75 Å². The Bertz CT molecular complexity index is 4680. The van der Waals surface area contributed by atoms with Gasteiger partial charge in [0.25, 0.3) is 0 Å². The van der Waals surface area contributed by atoms with E-state index in [1.165, 1.54) is 60.4 Å². The van der Waals surface area contributed by atoms with Crippen molar-refractivity contribution >= 4 is 148 Å². The van der Waals surface area contributed by atoms with Crippen molar-refractivity contribution < 1.29 is 151 Å². The average molecular weight is 1940 g/mol. The Balaban J connectivity index is 1.47. The molecule has 4 rings (SSSR count). The summed E-state index contributed by atoms with van der Waals surface area (Å²) in [7, 11) is 0. The van der Waals surface area contributed by atoms with Gasteiger partial charge in [0, 0.05) is 58.2 Å². The van der Waals surface area contributed by atoms with Gasteiger partial charge in [-0.05, 0) is 106 Å². The summed E-state index contributed by atoms with van der Waals surface area (Å²) < 4.78 is 0. The van der Waals surface area contributed by atoms with E-state index in [9.17, 15) is 151 Å².